The number of hydrogen-bond acceptors (Lipinski definition) is 2. The van der Waals surface area contributed by atoms with Crippen LogP contribution < -0.4 is 0 Å². The third kappa shape index (κ3) is 2.08. The number of hydrogen-bond donors (Lipinski definition) is 0. The van der Waals surface area contributed by atoms with Crippen LogP contribution in [0.1, 0.15) is 38.0 Å². The second-order valence-electron chi connectivity index (χ2n) is 3.66. The van der Waals surface area contributed by atoms with Crippen molar-refractivity contribution in [1.29, 1.82) is 0 Å². The standard InChI is InChI=1S/C11H15N3.C2H6/c1-5-10-13-11-8(3)12-7(2)6-9(11)14(10)4;1-2/h6H,5H2,1-4H3;1-2H3. The predicted molar refractivity (Wildman–Crippen MR) is 68.7 cm³/mol. The van der Waals surface area contributed by atoms with Crippen molar-refractivity contribution in [3.05, 3.63) is 23.3 Å². The summed E-state index contributed by atoms with van der Waals surface area (Å²) >= 11 is 0. The minimum absolute atomic E-state index is 0.962. The average Bonchev–Trinajstić information content (AvgIpc) is 2.59. The van der Waals surface area contributed by atoms with Gasteiger partial charge in [-0.1, -0.05) is 20.8 Å². The van der Waals surface area contributed by atoms with E-state index in [0.717, 1.165) is 29.1 Å². The van der Waals surface area contributed by atoms with E-state index in [4.69, 9.17) is 0 Å². The Kier molecular flexibility index (Phi) is 4.05. The maximum absolute atomic E-state index is 4.57. The van der Waals surface area contributed by atoms with E-state index in [0.29, 0.717) is 0 Å². The molecule has 0 spiro atoms. The Hall–Kier alpha value is -1.38. The van der Waals surface area contributed by atoms with Crippen LogP contribution in [0.5, 0.6) is 0 Å². The highest BCUT2D eigenvalue weighted by atomic mass is 15.1. The molecule has 0 aliphatic rings. The highest BCUT2D eigenvalue weighted by molar-refractivity contribution is 5.78. The molecule has 0 saturated carbocycles. The van der Waals surface area contributed by atoms with Gasteiger partial charge in [-0.3, -0.25) is 4.98 Å². The summed E-state index contributed by atoms with van der Waals surface area (Å²) in [4.78, 5) is 8.99. The van der Waals surface area contributed by atoms with E-state index in [1.54, 1.807) is 0 Å². The highest BCUT2D eigenvalue weighted by Crippen LogP contribution is 2.18. The number of aromatic nitrogens is 3. The highest BCUT2D eigenvalue weighted by Gasteiger charge is 2.09. The van der Waals surface area contributed by atoms with Crippen LogP contribution in [0.2, 0.25) is 0 Å². The molecule has 0 saturated heterocycles. The van der Waals surface area contributed by atoms with Gasteiger partial charge in [0.25, 0.3) is 0 Å². The summed E-state index contributed by atoms with van der Waals surface area (Å²) < 4.78 is 2.15. The summed E-state index contributed by atoms with van der Waals surface area (Å²) in [5.74, 6) is 1.12. The average molecular weight is 219 g/mol. The van der Waals surface area contributed by atoms with Crippen molar-refractivity contribution < 1.29 is 0 Å². The fourth-order valence-corrected chi connectivity index (χ4v) is 1.85. The Morgan fingerprint density at radius 2 is 1.81 bits per heavy atom. The molecular weight excluding hydrogens is 198 g/mol. The van der Waals surface area contributed by atoms with Crippen LogP contribution in [0, 0.1) is 13.8 Å². The molecule has 3 heteroatoms. The molecule has 0 radical (unpaired) electrons. The van der Waals surface area contributed by atoms with E-state index in [-0.39, 0.29) is 0 Å². The monoisotopic (exact) mass is 219 g/mol. The lowest BCUT2D eigenvalue weighted by Crippen LogP contribution is -1.95. The second-order valence-corrected chi connectivity index (χ2v) is 3.66. The van der Waals surface area contributed by atoms with E-state index in [1.165, 1.54) is 5.52 Å². The van der Waals surface area contributed by atoms with Gasteiger partial charge in [-0.2, -0.15) is 0 Å². The zero-order valence-corrected chi connectivity index (χ0v) is 11.1. The minimum Gasteiger partial charge on any atom is -0.331 e. The molecule has 2 rings (SSSR count). The van der Waals surface area contributed by atoms with Gasteiger partial charge in [0.05, 0.1) is 11.2 Å². The van der Waals surface area contributed by atoms with Crippen LogP contribution in [0.25, 0.3) is 11.0 Å². The van der Waals surface area contributed by atoms with Crippen molar-refractivity contribution >= 4 is 11.0 Å². The van der Waals surface area contributed by atoms with Crippen molar-refractivity contribution in [3.8, 4) is 0 Å². The van der Waals surface area contributed by atoms with E-state index in [2.05, 4.69) is 34.6 Å². The molecule has 2 heterocycles. The van der Waals surface area contributed by atoms with Gasteiger partial charge in [0.2, 0.25) is 0 Å². The van der Waals surface area contributed by atoms with Crippen LogP contribution >= 0.6 is 0 Å². The van der Waals surface area contributed by atoms with Gasteiger partial charge in [-0.15, -0.1) is 0 Å². The molecule has 0 fully saturated rings. The molecule has 0 unspecified atom stereocenters. The fraction of sp³-hybridized carbons (Fsp3) is 0.538. The van der Waals surface area contributed by atoms with Crippen LogP contribution in [-0.4, -0.2) is 14.5 Å². The lowest BCUT2D eigenvalue weighted by atomic mass is 10.3. The molecule has 0 bridgehead atoms. The van der Waals surface area contributed by atoms with Crippen LogP contribution in [0.4, 0.5) is 0 Å². The van der Waals surface area contributed by atoms with E-state index in [1.807, 2.05) is 27.7 Å². The van der Waals surface area contributed by atoms with Crippen molar-refractivity contribution in [1.82, 2.24) is 14.5 Å². The first-order valence-electron chi connectivity index (χ1n) is 5.93. The van der Waals surface area contributed by atoms with Gasteiger partial charge < -0.3 is 4.57 Å². The number of nitrogens with zero attached hydrogens (tertiary/aromatic N) is 3. The SMILES string of the molecule is CC.CCc1nc2c(C)nc(C)cc2n1C. The molecule has 2 aromatic heterocycles. The zero-order valence-electron chi connectivity index (χ0n) is 11.1. The molecule has 2 aromatic rings. The number of aryl methyl sites for hydroxylation is 4. The third-order valence-corrected chi connectivity index (χ3v) is 2.58. The van der Waals surface area contributed by atoms with Gasteiger partial charge in [0.15, 0.2) is 0 Å². The molecule has 0 aliphatic heterocycles. The molecule has 16 heavy (non-hydrogen) atoms. The maximum Gasteiger partial charge on any atom is 0.110 e. The molecule has 0 aromatic carbocycles. The van der Waals surface area contributed by atoms with Gasteiger partial charge >= 0.3 is 0 Å². The predicted octanol–water partition coefficient (Wildman–Crippen LogP) is 3.17. The van der Waals surface area contributed by atoms with Crippen LogP contribution in [-0.2, 0) is 13.5 Å². The molecule has 0 amide bonds. The number of fused-ring (bicyclic) bond motifs is 1. The van der Waals surface area contributed by atoms with Crippen LogP contribution in [0.3, 0.4) is 0 Å². The second kappa shape index (κ2) is 5.10. The van der Waals surface area contributed by atoms with Crippen molar-refractivity contribution in [2.75, 3.05) is 0 Å². The third-order valence-electron chi connectivity index (χ3n) is 2.58. The zero-order chi connectivity index (χ0) is 12.3. The minimum atomic E-state index is 0.962. The Labute approximate surface area is 97.5 Å². The molecular formula is C13H21N3. The quantitative estimate of drug-likeness (QED) is 0.737. The van der Waals surface area contributed by atoms with Crippen molar-refractivity contribution in [3.63, 3.8) is 0 Å². The normalized spacial score (nSPS) is 10.1. The first-order valence-corrected chi connectivity index (χ1v) is 5.93. The molecule has 88 valence electrons. The largest absolute Gasteiger partial charge is 0.331 e. The number of pyridine rings is 1. The van der Waals surface area contributed by atoms with Gasteiger partial charge in [0, 0.05) is 19.2 Å². The summed E-state index contributed by atoms with van der Waals surface area (Å²) in [7, 11) is 2.06. The number of imidazole rings is 1. The lowest BCUT2D eigenvalue weighted by molar-refractivity contribution is 0.828. The molecule has 0 atom stereocenters. The van der Waals surface area contributed by atoms with Gasteiger partial charge in [-0.05, 0) is 19.9 Å². The molecule has 3 nitrogen and oxygen atoms in total. The van der Waals surface area contributed by atoms with Gasteiger partial charge in [0.1, 0.15) is 11.3 Å². The Bertz CT molecular complexity index is 483. The maximum atomic E-state index is 4.57. The van der Waals surface area contributed by atoms with Crippen LogP contribution in [0.15, 0.2) is 6.07 Å². The Morgan fingerprint density at radius 1 is 1.19 bits per heavy atom. The Morgan fingerprint density at radius 3 is 2.38 bits per heavy atom. The Balaban J connectivity index is 0.000000606. The lowest BCUT2D eigenvalue weighted by Gasteiger charge is -2.00. The summed E-state index contributed by atoms with van der Waals surface area (Å²) in [6.45, 7) is 10.2. The summed E-state index contributed by atoms with van der Waals surface area (Å²) in [6, 6.07) is 2.09. The first-order chi connectivity index (χ1) is 7.63. The topological polar surface area (TPSA) is 30.7 Å². The molecule has 0 aliphatic carbocycles. The van der Waals surface area contributed by atoms with E-state index in [9.17, 15) is 0 Å². The van der Waals surface area contributed by atoms with E-state index < -0.39 is 0 Å². The van der Waals surface area contributed by atoms with Crippen molar-refractivity contribution in [2.45, 2.75) is 41.0 Å². The first kappa shape index (κ1) is 12.7. The summed E-state index contributed by atoms with van der Waals surface area (Å²) in [5.41, 5.74) is 4.30. The summed E-state index contributed by atoms with van der Waals surface area (Å²) in [6.07, 6.45) is 0.962. The van der Waals surface area contributed by atoms with Crippen molar-refractivity contribution in [2.24, 2.45) is 7.05 Å². The van der Waals surface area contributed by atoms with Gasteiger partial charge in [-0.25, -0.2) is 4.98 Å². The molecule has 0 N–H and O–H groups in total. The smallest absolute Gasteiger partial charge is 0.110 e. The van der Waals surface area contributed by atoms with E-state index >= 15 is 0 Å². The fourth-order valence-electron chi connectivity index (χ4n) is 1.85. The number of rotatable bonds is 1. The summed E-state index contributed by atoms with van der Waals surface area (Å²) in [5, 5.41) is 0.